The summed E-state index contributed by atoms with van der Waals surface area (Å²) >= 11 is 5.91. The summed E-state index contributed by atoms with van der Waals surface area (Å²) in [5.74, 6) is 0.355. The number of rotatable bonds is 4. The number of amides is 3. The van der Waals surface area contributed by atoms with E-state index in [1.165, 1.54) is 0 Å². The average molecular weight is 389 g/mol. The van der Waals surface area contributed by atoms with E-state index in [4.69, 9.17) is 11.6 Å². The second-order valence-electron chi connectivity index (χ2n) is 6.19. The van der Waals surface area contributed by atoms with E-state index >= 15 is 0 Å². The van der Waals surface area contributed by atoms with Crippen molar-refractivity contribution in [1.29, 1.82) is 0 Å². The van der Waals surface area contributed by atoms with Crippen molar-refractivity contribution in [3.05, 3.63) is 47.7 Å². The number of carbonyl (C=O) groups excluding carboxylic acids is 2. The van der Waals surface area contributed by atoms with Gasteiger partial charge in [0.1, 0.15) is 6.04 Å². The van der Waals surface area contributed by atoms with Crippen molar-refractivity contribution >= 4 is 35.2 Å². The molecule has 2 N–H and O–H groups in total. The summed E-state index contributed by atoms with van der Waals surface area (Å²) in [7, 11) is 0. The zero-order chi connectivity index (χ0) is 19.2. The molecule has 3 rings (SSSR count). The summed E-state index contributed by atoms with van der Waals surface area (Å²) in [4.78, 5) is 36.9. The Labute approximate surface area is 162 Å². The van der Waals surface area contributed by atoms with Crippen LogP contribution in [0.3, 0.4) is 0 Å². The molecule has 0 bridgehead atoms. The maximum absolute atomic E-state index is 12.4. The SMILES string of the molecule is CC(NC(=O)N1CCN(c2ncccn2)CC1)C(=O)Nc1cccc(Cl)c1. The predicted molar refractivity (Wildman–Crippen MR) is 104 cm³/mol. The lowest BCUT2D eigenvalue weighted by atomic mass is 10.2. The number of halogens is 1. The Balaban J connectivity index is 1.48. The number of benzene rings is 1. The lowest BCUT2D eigenvalue weighted by Gasteiger charge is -2.35. The molecule has 1 unspecified atom stereocenters. The third-order valence-corrected chi connectivity index (χ3v) is 4.46. The zero-order valence-corrected chi connectivity index (χ0v) is 15.7. The minimum absolute atomic E-state index is 0.266. The summed E-state index contributed by atoms with van der Waals surface area (Å²) < 4.78 is 0. The number of urea groups is 1. The Morgan fingerprint density at radius 3 is 2.48 bits per heavy atom. The van der Waals surface area contributed by atoms with Crippen molar-refractivity contribution in [2.45, 2.75) is 13.0 Å². The molecule has 1 aliphatic heterocycles. The number of aromatic nitrogens is 2. The van der Waals surface area contributed by atoms with E-state index in [2.05, 4.69) is 20.6 Å². The van der Waals surface area contributed by atoms with Crippen LogP contribution >= 0.6 is 11.6 Å². The standard InChI is InChI=1S/C18H21ClN6O2/c1-13(16(26)23-15-5-2-4-14(19)12-15)22-18(27)25-10-8-24(9-11-25)17-20-6-3-7-21-17/h2-7,12-13H,8-11H2,1H3,(H,22,27)(H,23,26). The highest BCUT2D eigenvalue weighted by Crippen LogP contribution is 2.15. The molecular formula is C18H21ClN6O2. The molecule has 1 aromatic heterocycles. The molecule has 27 heavy (non-hydrogen) atoms. The van der Waals surface area contributed by atoms with Gasteiger partial charge in [-0.15, -0.1) is 0 Å². The van der Waals surface area contributed by atoms with E-state index in [9.17, 15) is 9.59 Å². The van der Waals surface area contributed by atoms with E-state index in [1.54, 1.807) is 54.5 Å². The predicted octanol–water partition coefficient (Wildman–Crippen LogP) is 1.99. The maximum atomic E-state index is 12.4. The summed E-state index contributed by atoms with van der Waals surface area (Å²) in [5, 5.41) is 6.00. The molecule has 1 fully saturated rings. The fourth-order valence-electron chi connectivity index (χ4n) is 2.72. The maximum Gasteiger partial charge on any atom is 0.318 e. The summed E-state index contributed by atoms with van der Waals surface area (Å²) in [6, 6.07) is 7.69. The van der Waals surface area contributed by atoms with Crippen LogP contribution in [0.2, 0.25) is 5.02 Å². The molecule has 8 nitrogen and oxygen atoms in total. The normalized spacial score (nSPS) is 15.2. The molecule has 1 saturated heterocycles. The van der Waals surface area contributed by atoms with Gasteiger partial charge in [0.15, 0.2) is 0 Å². The number of piperazine rings is 1. The first-order valence-electron chi connectivity index (χ1n) is 8.67. The van der Waals surface area contributed by atoms with E-state index in [0.29, 0.717) is 42.8 Å². The molecule has 0 aliphatic carbocycles. The van der Waals surface area contributed by atoms with Crippen molar-refractivity contribution < 1.29 is 9.59 Å². The molecule has 0 saturated carbocycles. The Hall–Kier alpha value is -2.87. The summed E-state index contributed by atoms with van der Waals surface area (Å²) in [6.07, 6.45) is 3.39. The molecule has 1 aromatic carbocycles. The van der Waals surface area contributed by atoms with Crippen LogP contribution in [0.4, 0.5) is 16.4 Å². The molecule has 1 atom stereocenters. The minimum Gasteiger partial charge on any atom is -0.337 e. The fraction of sp³-hybridized carbons (Fsp3) is 0.333. The smallest absolute Gasteiger partial charge is 0.318 e. The van der Waals surface area contributed by atoms with Gasteiger partial charge in [-0.1, -0.05) is 17.7 Å². The number of hydrogen-bond acceptors (Lipinski definition) is 5. The van der Waals surface area contributed by atoms with Crippen molar-refractivity contribution in [1.82, 2.24) is 20.2 Å². The van der Waals surface area contributed by atoms with E-state index in [0.717, 1.165) is 0 Å². The monoisotopic (exact) mass is 388 g/mol. The van der Waals surface area contributed by atoms with Gasteiger partial charge in [-0.2, -0.15) is 0 Å². The molecule has 2 heterocycles. The van der Waals surface area contributed by atoms with E-state index in [1.807, 2.05) is 4.90 Å². The van der Waals surface area contributed by atoms with Crippen LogP contribution < -0.4 is 15.5 Å². The second-order valence-corrected chi connectivity index (χ2v) is 6.63. The molecule has 0 spiro atoms. The first kappa shape index (κ1) is 18.9. The highest BCUT2D eigenvalue weighted by atomic mass is 35.5. The van der Waals surface area contributed by atoms with Gasteiger partial charge in [0, 0.05) is 49.3 Å². The average Bonchev–Trinajstić information content (AvgIpc) is 2.68. The van der Waals surface area contributed by atoms with Crippen molar-refractivity contribution in [2.24, 2.45) is 0 Å². The van der Waals surface area contributed by atoms with Gasteiger partial charge < -0.3 is 20.4 Å². The molecule has 1 aliphatic rings. The zero-order valence-electron chi connectivity index (χ0n) is 14.9. The highest BCUT2D eigenvalue weighted by Gasteiger charge is 2.24. The summed E-state index contributed by atoms with van der Waals surface area (Å²) in [6.45, 7) is 3.99. The number of anilines is 2. The Morgan fingerprint density at radius 2 is 1.81 bits per heavy atom. The molecule has 3 amide bonds. The number of hydrogen-bond donors (Lipinski definition) is 2. The quantitative estimate of drug-likeness (QED) is 0.835. The summed E-state index contributed by atoms with van der Waals surface area (Å²) in [5.41, 5.74) is 0.588. The van der Waals surface area contributed by atoms with Crippen molar-refractivity contribution in [3.63, 3.8) is 0 Å². The fourth-order valence-corrected chi connectivity index (χ4v) is 2.91. The molecule has 0 radical (unpaired) electrons. The van der Waals surface area contributed by atoms with Crippen LogP contribution in [0.25, 0.3) is 0 Å². The first-order chi connectivity index (χ1) is 13.0. The Kier molecular flexibility index (Phi) is 6.08. The van der Waals surface area contributed by atoms with Gasteiger partial charge in [-0.3, -0.25) is 4.79 Å². The van der Waals surface area contributed by atoms with Gasteiger partial charge in [0.25, 0.3) is 0 Å². The van der Waals surface area contributed by atoms with Crippen LogP contribution in [-0.4, -0.2) is 59.0 Å². The molecule has 2 aromatic rings. The minimum atomic E-state index is -0.674. The lowest BCUT2D eigenvalue weighted by molar-refractivity contribution is -0.117. The Bertz CT molecular complexity index is 795. The van der Waals surface area contributed by atoms with Gasteiger partial charge in [0.05, 0.1) is 0 Å². The molecular weight excluding hydrogens is 368 g/mol. The van der Waals surface area contributed by atoms with Gasteiger partial charge in [-0.05, 0) is 31.2 Å². The third kappa shape index (κ3) is 5.07. The number of carbonyl (C=O) groups is 2. The van der Waals surface area contributed by atoms with Crippen molar-refractivity contribution in [3.8, 4) is 0 Å². The van der Waals surface area contributed by atoms with Crippen LogP contribution in [0.15, 0.2) is 42.7 Å². The molecule has 142 valence electrons. The molecule has 9 heteroatoms. The van der Waals surface area contributed by atoms with Crippen LogP contribution in [-0.2, 0) is 4.79 Å². The van der Waals surface area contributed by atoms with Crippen LogP contribution in [0.1, 0.15) is 6.92 Å². The van der Waals surface area contributed by atoms with Crippen LogP contribution in [0, 0.1) is 0 Å². The second kappa shape index (κ2) is 8.68. The van der Waals surface area contributed by atoms with E-state index < -0.39 is 6.04 Å². The van der Waals surface area contributed by atoms with Gasteiger partial charge in [-0.25, -0.2) is 14.8 Å². The van der Waals surface area contributed by atoms with E-state index in [-0.39, 0.29) is 11.9 Å². The van der Waals surface area contributed by atoms with Gasteiger partial charge >= 0.3 is 6.03 Å². The number of nitrogens with one attached hydrogen (secondary N) is 2. The Morgan fingerprint density at radius 1 is 1.11 bits per heavy atom. The topological polar surface area (TPSA) is 90.5 Å². The highest BCUT2D eigenvalue weighted by molar-refractivity contribution is 6.30. The first-order valence-corrected chi connectivity index (χ1v) is 9.04. The van der Waals surface area contributed by atoms with Gasteiger partial charge in [0.2, 0.25) is 11.9 Å². The van der Waals surface area contributed by atoms with Crippen LogP contribution in [0.5, 0.6) is 0 Å². The number of nitrogens with zero attached hydrogens (tertiary/aromatic N) is 4. The third-order valence-electron chi connectivity index (χ3n) is 4.23. The largest absolute Gasteiger partial charge is 0.337 e. The van der Waals surface area contributed by atoms with Crippen molar-refractivity contribution in [2.75, 3.05) is 36.4 Å². The lowest BCUT2D eigenvalue weighted by Crippen LogP contribution is -2.55.